The predicted octanol–water partition coefficient (Wildman–Crippen LogP) is 3.20. The Balaban J connectivity index is 1.83. The number of Topliss-reactive ketones (excluding diaryl/α,β-unsaturated/α-hetero) is 1. The van der Waals surface area contributed by atoms with Crippen molar-refractivity contribution in [3.63, 3.8) is 0 Å². The Morgan fingerprint density at radius 3 is 2.95 bits per heavy atom. The van der Waals surface area contributed by atoms with Gasteiger partial charge in [-0.3, -0.25) is 9.78 Å². The van der Waals surface area contributed by atoms with Crippen LogP contribution < -0.4 is 0 Å². The Hall–Kier alpha value is -2.10. The van der Waals surface area contributed by atoms with Gasteiger partial charge in [-0.15, -0.1) is 0 Å². The standard InChI is InChI=1S/C16H13F2NO/c17-13-5-1-3-11(15(13)18)9-14(20)12-7-6-10-4-2-8-19-16(10)12/h1-5,8,12H,6-7,9H2. The lowest BCUT2D eigenvalue weighted by atomic mass is 9.95. The molecule has 0 radical (unpaired) electrons. The van der Waals surface area contributed by atoms with Gasteiger partial charge in [0, 0.05) is 12.6 Å². The first-order valence-corrected chi connectivity index (χ1v) is 6.56. The van der Waals surface area contributed by atoms with Gasteiger partial charge in [0.15, 0.2) is 11.6 Å². The molecule has 1 aromatic heterocycles. The third-order valence-corrected chi connectivity index (χ3v) is 3.74. The highest BCUT2D eigenvalue weighted by atomic mass is 19.2. The minimum absolute atomic E-state index is 0.0930. The summed E-state index contributed by atoms with van der Waals surface area (Å²) in [4.78, 5) is 16.6. The molecule has 3 rings (SSSR count). The molecule has 0 saturated carbocycles. The molecule has 0 amide bonds. The lowest BCUT2D eigenvalue weighted by Gasteiger charge is -2.10. The van der Waals surface area contributed by atoms with Crippen LogP contribution in [-0.4, -0.2) is 10.8 Å². The Labute approximate surface area is 115 Å². The first-order valence-electron chi connectivity index (χ1n) is 6.56. The highest BCUT2D eigenvalue weighted by molar-refractivity contribution is 5.88. The zero-order valence-corrected chi connectivity index (χ0v) is 10.8. The van der Waals surface area contributed by atoms with E-state index in [1.54, 1.807) is 6.20 Å². The fourth-order valence-electron chi connectivity index (χ4n) is 2.72. The largest absolute Gasteiger partial charge is 0.299 e. The van der Waals surface area contributed by atoms with Crippen LogP contribution in [-0.2, 0) is 17.6 Å². The summed E-state index contributed by atoms with van der Waals surface area (Å²) in [5, 5.41) is 0. The number of hydrogen-bond acceptors (Lipinski definition) is 2. The molecule has 2 nitrogen and oxygen atoms in total. The Morgan fingerprint density at radius 2 is 2.10 bits per heavy atom. The molecular formula is C16H13F2NO. The second-order valence-corrected chi connectivity index (χ2v) is 5.00. The van der Waals surface area contributed by atoms with E-state index in [-0.39, 0.29) is 23.7 Å². The zero-order chi connectivity index (χ0) is 14.1. The summed E-state index contributed by atoms with van der Waals surface area (Å²) in [6.07, 6.45) is 3.07. The van der Waals surface area contributed by atoms with Gasteiger partial charge in [0.1, 0.15) is 5.78 Å². The molecule has 0 bridgehead atoms. The van der Waals surface area contributed by atoms with Gasteiger partial charge < -0.3 is 0 Å². The molecule has 1 aliphatic carbocycles. The average Bonchev–Trinajstić information content (AvgIpc) is 2.88. The summed E-state index contributed by atoms with van der Waals surface area (Å²) in [5.41, 5.74) is 1.97. The summed E-state index contributed by atoms with van der Waals surface area (Å²) in [6, 6.07) is 7.72. The van der Waals surface area contributed by atoms with Crippen molar-refractivity contribution in [2.45, 2.75) is 25.2 Å². The zero-order valence-electron chi connectivity index (χ0n) is 10.8. The summed E-state index contributed by atoms with van der Waals surface area (Å²) in [5.74, 6) is -2.25. The summed E-state index contributed by atoms with van der Waals surface area (Å²) < 4.78 is 26.7. The highest BCUT2D eigenvalue weighted by Crippen LogP contribution is 2.32. The smallest absolute Gasteiger partial charge is 0.162 e. The molecular weight excluding hydrogens is 260 g/mol. The third kappa shape index (κ3) is 2.22. The molecule has 0 fully saturated rings. The van der Waals surface area contributed by atoms with E-state index in [9.17, 15) is 13.6 Å². The third-order valence-electron chi connectivity index (χ3n) is 3.74. The molecule has 1 heterocycles. The van der Waals surface area contributed by atoms with Gasteiger partial charge >= 0.3 is 0 Å². The first-order chi connectivity index (χ1) is 9.66. The minimum Gasteiger partial charge on any atom is -0.299 e. The number of carbonyl (C=O) groups excluding carboxylic acids is 1. The van der Waals surface area contributed by atoms with E-state index in [0.29, 0.717) is 6.42 Å². The number of aromatic nitrogens is 1. The van der Waals surface area contributed by atoms with Gasteiger partial charge in [0.25, 0.3) is 0 Å². The number of benzene rings is 1. The molecule has 0 spiro atoms. The van der Waals surface area contributed by atoms with Crippen molar-refractivity contribution < 1.29 is 13.6 Å². The topological polar surface area (TPSA) is 30.0 Å². The normalized spacial score (nSPS) is 17.0. The number of carbonyl (C=O) groups is 1. The van der Waals surface area contributed by atoms with Crippen molar-refractivity contribution in [3.8, 4) is 0 Å². The van der Waals surface area contributed by atoms with Crippen LogP contribution >= 0.6 is 0 Å². The van der Waals surface area contributed by atoms with E-state index < -0.39 is 11.6 Å². The molecule has 4 heteroatoms. The lowest BCUT2D eigenvalue weighted by molar-refractivity contribution is -0.119. The average molecular weight is 273 g/mol. The number of nitrogens with zero attached hydrogens (tertiary/aromatic N) is 1. The van der Waals surface area contributed by atoms with Gasteiger partial charge in [-0.2, -0.15) is 0 Å². The monoisotopic (exact) mass is 273 g/mol. The first kappa shape index (κ1) is 12.9. The molecule has 1 atom stereocenters. The van der Waals surface area contributed by atoms with Crippen LogP contribution in [0.25, 0.3) is 0 Å². The second kappa shape index (κ2) is 5.12. The summed E-state index contributed by atoms with van der Waals surface area (Å²) >= 11 is 0. The van der Waals surface area contributed by atoms with E-state index >= 15 is 0 Å². The molecule has 0 aliphatic heterocycles. The Kier molecular flexibility index (Phi) is 3.30. The van der Waals surface area contributed by atoms with Gasteiger partial charge in [0.2, 0.25) is 0 Å². The van der Waals surface area contributed by atoms with Crippen molar-refractivity contribution >= 4 is 5.78 Å². The van der Waals surface area contributed by atoms with Crippen LogP contribution in [0, 0.1) is 11.6 Å². The van der Waals surface area contributed by atoms with E-state index in [2.05, 4.69) is 4.98 Å². The fourth-order valence-corrected chi connectivity index (χ4v) is 2.72. The maximum Gasteiger partial charge on any atom is 0.162 e. The van der Waals surface area contributed by atoms with Gasteiger partial charge in [-0.25, -0.2) is 8.78 Å². The van der Waals surface area contributed by atoms with E-state index in [0.717, 1.165) is 23.7 Å². The van der Waals surface area contributed by atoms with Crippen molar-refractivity contribution in [1.82, 2.24) is 4.98 Å². The van der Waals surface area contributed by atoms with Crippen LogP contribution in [0.4, 0.5) is 8.78 Å². The number of rotatable bonds is 3. The number of fused-ring (bicyclic) bond motifs is 1. The molecule has 20 heavy (non-hydrogen) atoms. The second-order valence-electron chi connectivity index (χ2n) is 5.00. The maximum atomic E-state index is 13.6. The molecule has 1 aromatic carbocycles. The molecule has 2 aromatic rings. The number of hydrogen-bond donors (Lipinski definition) is 0. The van der Waals surface area contributed by atoms with E-state index in [4.69, 9.17) is 0 Å². The molecule has 1 unspecified atom stereocenters. The number of pyridine rings is 1. The van der Waals surface area contributed by atoms with Crippen LogP contribution in [0.15, 0.2) is 36.5 Å². The van der Waals surface area contributed by atoms with Crippen molar-refractivity contribution in [1.29, 1.82) is 0 Å². The number of ketones is 1. The minimum atomic E-state index is -0.930. The van der Waals surface area contributed by atoms with Crippen LogP contribution in [0.3, 0.4) is 0 Å². The predicted molar refractivity (Wildman–Crippen MR) is 70.4 cm³/mol. The van der Waals surface area contributed by atoms with Crippen molar-refractivity contribution in [2.75, 3.05) is 0 Å². The molecule has 0 N–H and O–H groups in total. The summed E-state index contributed by atoms with van der Waals surface area (Å²) in [6.45, 7) is 0. The summed E-state index contributed by atoms with van der Waals surface area (Å²) in [7, 11) is 0. The Morgan fingerprint density at radius 1 is 1.25 bits per heavy atom. The highest BCUT2D eigenvalue weighted by Gasteiger charge is 2.30. The quantitative estimate of drug-likeness (QED) is 0.859. The van der Waals surface area contributed by atoms with Gasteiger partial charge in [0.05, 0.1) is 11.6 Å². The maximum absolute atomic E-state index is 13.6. The number of aryl methyl sites for hydroxylation is 1. The van der Waals surface area contributed by atoms with Crippen LogP contribution in [0.1, 0.15) is 29.2 Å². The van der Waals surface area contributed by atoms with E-state index in [1.807, 2.05) is 12.1 Å². The Bertz CT molecular complexity index is 669. The van der Waals surface area contributed by atoms with Crippen molar-refractivity contribution in [2.24, 2.45) is 0 Å². The number of halogens is 2. The van der Waals surface area contributed by atoms with Crippen LogP contribution in [0.2, 0.25) is 0 Å². The fraction of sp³-hybridized carbons (Fsp3) is 0.250. The lowest BCUT2D eigenvalue weighted by Crippen LogP contribution is -2.14. The SMILES string of the molecule is O=C(Cc1cccc(F)c1F)C1CCc2cccnc21. The van der Waals surface area contributed by atoms with Crippen LogP contribution in [0.5, 0.6) is 0 Å². The molecule has 0 saturated heterocycles. The van der Waals surface area contributed by atoms with Gasteiger partial charge in [-0.1, -0.05) is 18.2 Å². The molecule has 102 valence electrons. The molecule has 1 aliphatic rings. The van der Waals surface area contributed by atoms with E-state index in [1.165, 1.54) is 12.1 Å². The van der Waals surface area contributed by atoms with Crippen molar-refractivity contribution in [3.05, 3.63) is 65.0 Å². The van der Waals surface area contributed by atoms with Gasteiger partial charge in [-0.05, 0) is 36.1 Å².